The van der Waals surface area contributed by atoms with Crippen LogP contribution >= 0.6 is 22.9 Å². The van der Waals surface area contributed by atoms with Crippen molar-refractivity contribution >= 4 is 43.2 Å². The number of sulfonamides is 1. The summed E-state index contributed by atoms with van der Waals surface area (Å²) < 4.78 is 39.3. The lowest BCUT2D eigenvalue weighted by Crippen LogP contribution is -2.41. The van der Waals surface area contributed by atoms with E-state index >= 15 is 0 Å². The van der Waals surface area contributed by atoms with Gasteiger partial charge in [-0.1, -0.05) is 29.0 Å². The van der Waals surface area contributed by atoms with Gasteiger partial charge in [-0.15, -0.1) is 0 Å². The van der Waals surface area contributed by atoms with E-state index in [-0.39, 0.29) is 11.0 Å². The third-order valence-corrected chi connectivity index (χ3v) is 7.72. The van der Waals surface area contributed by atoms with Gasteiger partial charge in [0.15, 0.2) is 0 Å². The number of thiazole rings is 1. The smallest absolute Gasteiger partial charge is 0.274 e. The van der Waals surface area contributed by atoms with Gasteiger partial charge in [0.05, 0.1) is 22.2 Å². The van der Waals surface area contributed by atoms with Crippen LogP contribution in [0.15, 0.2) is 47.4 Å². The molecule has 0 radical (unpaired) electrons. The topological polar surface area (TPSA) is 68.7 Å². The molecule has 28 heavy (non-hydrogen) atoms. The summed E-state index contributed by atoms with van der Waals surface area (Å²) in [5, 5.41) is 1.01. The third kappa shape index (κ3) is 3.96. The van der Waals surface area contributed by atoms with Gasteiger partial charge < -0.3 is 9.47 Å². The van der Waals surface area contributed by atoms with Gasteiger partial charge in [0.25, 0.3) is 5.19 Å². The number of methoxy groups -OCH3 is 1. The largest absolute Gasteiger partial charge is 0.497 e. The average molecular weight is 439 g/mol. The number of rotatable bonds is 5. The maximum atomic E-state index is 12.8. The third-order valence-electron chi connectivity index (χ3n) is 4.68. The van der Waals surface area contributed by atoms with E-state index in [1.165, 1.54) is 21.7 Å². The Labute approximate surface area is 172 Å². The van der Waals surface area contributed by atoms with Crippen LogP contribution in [-0.4, -0.2) is 44.0 Å². The first-order valence-electron chi connectivity index (χ1n) is 8.83. The van der Waals surface area contributed by atoms with Crippen molar-refractivity contribution in [1.29, 1.82) is 0 Å². The van der Waals surface area contributed by atoms with Crippen LogP contribution in [0.5, 0.6) is 10.9 Å². The lowest BCUT2D eigenvalue weighted by molar-refractivity contribution is 0.135. The first kappa shape index (κ1) is 19.4. The molecule has 1 aromatic heterocycles. The molecule has 0 atom stereocenters. The Kier molecular flexibility index (Phi) is 5.46. The van der Waals surface area contributed by atoms with Gasteiger partial charge in [0.2, 0.25) is 10.0 Å². The Hall–Kier alpha value is -1.87. The Morgan fingerprint density at radius 2 is 1.96 bits per heavy atom. The molecule has 148 valence electrons. The van der Waals surface area contributed by atoms with Gasteiger partial charge in [-0.2, -0.15) is 4.31 Å². The highest BCUT2D eigenvalue weighted by molar-refractivity contribution is 7.89. The highest BCUT2D eigenvalue weighted by Gasteiger charge is 2.30. The number of halogens is 1. The molecule has 0 amide bonds. The Bertz CT molecular complexity index is 1090. The maximum absolute atomic E-state index is 12.8. The lowest BCUT2D eigenvalue weighted by Gasteiger charge is -2.30. The van der Waals surface area contributed by atoms with Crippen molar-refractivity contribution in [3.63, 3.8) is 0 Å². The van der Waals surface area contributed by atoms with E-state index in [0.29, 0.717) is 36.1 Å². The monoisotopic (exact) mass is 438 g/mol. The second-order valence-electron chi connectivity index (χ2n) is 6.49. The number of hydrogen-bond donors (Lipinski definition) is 0. The number of benzene rings is 2. The molecule has 0 spiro atoms. The summed E-state index contributed by atoms with van der Waals surface area (Å²) in [6.07, 6.45) is 1.16. The van der Waals surface area contributed by atoms with Crippen molar-refractivity contribution in [3.05, 3.63) is 47.5 Å². The molecular weight excluding hydrogens is 420 g/mol. The van der Waals surface area contributed by atoms with Crippen molar-refractivity contribution in [3.8, 4) is 10.9 Å². The van der Waals surface area contributed by atoms with E-state index in [9.17, 15) is 8.42 Å². The van der Waals surface area contributed by atoms with Crippen molar-refractivity contribution < 1.29 is 17.9 Å². The van der Waals surface area contributed by atoms with Crippen LogP contribution in [0, 0.1) is 0 Å². The van der Waals surface area contributed by atoms with E-state index < -0.39 is 10.0 Å². The molecule has 2 aromatic carbocycles. The fraction of sp³-hybridized carbons (Fsp3) is 0.316. The first-order valence-corrected chi connectivity index (χ1v) is 11.5. The van der Waals surface area contributed by atoms with Crippen molar-refractivity contribution in [2.24, 2.45) is 0 Å². The Morgan fingerprint density at radius 1 is 1.18 bits per heavy atom. The normalized spacial score (nSPS) is 16.4. The SMILES string of the molecule is COc1ccc2nc(OC3CCN(S(=O)(=O)c4cccc(Cl)c4)CC3)sc2c1. The Balaban J connectivity index is 1.41. The molecule has 4 rings (SSSR count). The molecule has 3 aromatic rings. The molecule has 0 aliphatic carbocycles. The molecule has 0 unspecified atom stereocenters. The fourth-order valence-electron chi connectivity index (χ4n) is 3.17. The van der Waals surface area contributed by atoms with E-state index in [4.69, 9.17) is 21.1 Å². The summed E-state index contributed by atoms with van der Waals surface area (Å²) in [6, 6.07) is 12.1. The highest BCUT2D eigenvalue weighted by Crippen LogP contribution is 2.32. The summed E-state index contributed by atoms with van der Waals surface area (Å²) in [5.41, 5.74) is 0.863. The predicted octanol–water partition coefficient (Wildman–Crippen LogP) is 4.19. The van der Waals surface area contributed by atoms with Crippen LogP contribution in [0.25, 0.3) is 10.2 Å². The zero-order chi connectivity index (χ0) is 19.7. The standard InChI is InChI=1S/C19H19ClN2O4S2/c1-25-15-5-6-17-18(12-15)27-19(21-17)26-14-7-9-22(10-8-14)28(23,24)16-4-2-3-13(20)11-16/h2-6,11-12,14H,7-10H2,1H3. The van der Waals surface area contributed by atoms with Crippen LogP contribution in [0.4, 0.5) is 0 Å². The summed E-state index contributed by atoms with van der Waals surface area (Å²) >= 11 is 7.40. The summed E-state index contributed by atoms with van der Waals surface area (Å²) in [7, 11) is -1.91. The average Bonchev–Trinajstić information content (AvgIpc) is 3.09. The molecule has 2 heterocycles. The van der Waals surface area contributed by atoms with E-state index in [0.717, 1.165) is 16.0 Å². The van der Waals surface area contributed by atoms with Gasteiger partial charge in [-0.05, 0) is 49.2 Å². The van der Waals surface area contributed by atoms with Gasteiger partial charge >= 0.3 is 0 Å². The van der Waals surface area contributed by atoms with Crippen LogP contribution in [0.1, 0.15) is 12.8 Å². The van der Waals surface area contributed by atoms with Crippen LogP contribution < -0.4 is 9.47 Å². The molecule has 1 aliphatic rings. The minimum atomic E-state index is -3.54. The minimum Gasteiger partial charge on any atom is -0.497 e. The highest BCUT2D eigenvalue weighted by atomic mass is 35.5. The van der Waals surface area contributed by atoms with Crippen LogP contribution in [0.2, 0.25) is 5.02 Å². The molecule has 9 heteroatoms. The van der Waals surface area contributed by atoms with Gasteiger partial charge in [-0.25, -0.2) is 13.4 Å². The summed E-state index contributed by atoms with van der Waals surface area (Å²) in [4.78, 5) is 4.72. The van der Waals surface area contributed by atoms with Gasteiger partial charge in [-0.3, -0.25) is 0 Å². The molecular formula is C19H19ClN2O4S2. The number of hydrogen-bond acceptors (Lipinski definition) is 6. The zero-order valence-corrected chi connectivity index (χ0v) is 17.6. The van der Waals surface area contributed by atoms with Crippen LogP contribution in [-0.2, 0) is 10.0 Å². The first-order chi connectivity index (χ1) is 13.5. The lowest BCUT2D eigenvalue weighted by atomic mass is 10.1. The van der Waals surface area contributed by atoms with Crippen molar-refractivity contribution in [2.75, 3.05) is 20.2 Å². The Morgan fingerprint density at radius 3 is 2.68 bits per heavy atom. The molecule has 0 N–H and O–H groups in total. The molecule has 1 aliphatic heterocycles. The summed E-state index contributed by atoms with van der Waals surface area (Å²) in [6.45, 7) is 0.802. The second-order valence-corrected chi connectivity index (χ2v) is 9.86. The molecule has 1 saturated heterocycles. The molecule has 1 fully saturated rings. The van der Waals surface area contributed by atoms with E-state index in [1.54, 1.807) is 25.3 Å². The van der Waals surface area contributed by atoms with E-state index in [2.05, 4.69) is 4.98 Å². The number of fused-ring (bicyclic) bond motifs is 1. The number of aromatic nitrogens is 1. The summed E-state index contributed by atoms with van der Waals surface area (Å²) in [5.74, 6) is 0.780. The van der Waals surface area contributed by atoms with Crippen LogP contribution in [0.3, 0.4) is 0 Å². The minimum absolute atomic E-state index is 0.0618. The van der Waals surface area contributed by atoms with Crippen molar-refractivity contribution in [1.82, 2.24) is 9.29 Å². The second kappa shape index (κ2) is 7.87. The predicted molar refractivity (Wildman–Crippen MR) is 110 cm³/mol. The molecule has 0 saturated carbocycles. The molecule has 0 bridgehead atoms. The van der Waals surface area contributed by atoms with Crippen molar-refractivity contribution in [2.45, 2.75) is 23.8 Å². The van der Waals surface area contributed by atoms with Gasteiger partial charge in [0, 0.05) is 18.1 Å². The fourth-order valence-corrected chi connectivity index (χ4v) is 5.85. The quantitative estimate of drug-likeness (QED) is 0.597. The molecule has 6 nitrogen and oxygen atoms in total. The maximum Gasteiger partial charge on any atom is 0.274 e. The van der Waals surface area contributed by atoms with Gasteiger partial charge in [0.1, 0.15) is 11.9 Å². The number of piperidine rings is 1. The van der Waals surface area contributed by atoms with E-state index in [1.807, 2.05) is 18.2 Å². The number of nitrogens with zero attached hydrogens (tertiary/aromatic N) is 2. The number of ether oxygens (including phenoxy) is 2. The zero-order valence-electron chi connectivity index (χ0n) is 15.2.